The highest BCUT2D eigenvalue weighted by atomic mass is 16.5. The van der Waals surface area contributed by atoms with Gasteiger partial charge in [0.05, 0.1) is 19.0 Å². The summed E-state index contributed by atoms with van der Waals surface area (Å²) < 4.78 is 10.4. The maximum absolute atomic E-state index is 11.0. The van der Waals surface area contributed by atoms with Crippen LogP contribution in [0.2, 0.25) is 0 Å². The number of nitrogens with one attached hydrogen (secondary N) is 1. The van der Waals surface area contributed by atoms with E-state index in [9.17, 15) is 4.79 Å². The van der Waals surface area contributed by atoms with E-state index in [1.54, 1.807) is 0 Å². The molecule has 0 aliphatic heterocycles. The molecule has 0 saturated carbocycles. The molecule has 1 rings (SSSR count). The van der Waals surface area contributed by atoms with Crippen molar-refractivity contribution in [1.29, 1.82) is 0 Å². The summed E-state index contributed by atoms with van der Waals surface area (Å²) in [5.41, 5.74) is 5.04. The van der Waals surface area contributed by atoms with Crippen molar-refractivity contribution in [2.75, 3.05) is 18.9 Å². The van der Waals surface area contributed by atoms with Crippen LogP contribution in [0.25, 0.3) is 0 Å². The lowest BCUT2D eigenvalue weighted by atomic mass is 10.5. The van der Waals surface area contributed by atoms with Gasteiger partial charge >= 0.3 is 0 Å². The molecule has 0 atom stereocenters. The molecule has 0 radical (unpaired) electrons. The first kappa shape index (κ1) is 11.5. The van der Waals surface area contributed by atoms with Gasteiger partial charge in [-0.3, -0.25) is 4.79 Å². The van der Waals surface area contributed by atoms with E-state index in [0.717, 1.165) is 0 Å². The van der Waals surface area contributed by atoms with Crippen LogP contribution in [0.4, 0.5) is 5.69 Å². The van der Waals surface area contributed by atoms with Crippen molar-refractivity contribution in [3.8, 4) is 5.88 Å². The summed E-state index contributed by atoms with van der Waals surface area (Å²) in [4.78, 5) is 17.2. The first-order valence-electron chi connectivity index (χ1n) is 4.69. The highest BCUT2D eigenvalue weighted by molar-refractivity contribution is 5.44. The Morgan fingerprint density at radius 1 is 1.53 bits per heavy atom. The second-order valence-electron chi connectivity index (χ2n) is 3.22. The first-order chi connectivity index (χ1) is 7.11. The number of hydrogen-bond acceptors (Lipinski definition) is 5. The number of aromatic amines is 1. The fraction of sp³-hybridized carbons (Fsp3) is 0.556. The van der Waals surface area contributed by atoms with Crippen LogP contribution < -0.4 is 16.0 Å². The molecule has 6 nitrogen and oxygen atoms in total. The van der Waals surface area contributed by atoms with Crippen molar-refractivity contribution < 1.29 is 9.47 Å². The first-order valence-corrected chi connectivity index (χ1v) is 4.69. The molecule has 6 heteroatoms. The van der Waals surface area contributed by atoms with Gasteiger partial charge in [0, 0.05) is 0 Å². The van der Waals surface area contributed by atoms with Gasteiger partial charge in [-0.15, -0.1) is 0 Å². The number of aromatic nitrogens is 2. The smallest absolute Gasteiger partial charge is 0.277 e. The maximum atomic E-state index is 11.0. The quantitative estimate of drug-likeness (QED) is 0.680. The Hall–Kier alpha value is -1.56. The Bertz CT molecular complexity index is 362. The van der Waals surface area contributed by atoms with Crippen LogP contribution in [0.1, 0.15) is 13.8 Å². The SMILES string of the molecule is CC(C)OCCOc1nc[nH]c(=O)c1N. The van der Waals surface area contributed by atoms with Crippen molar-refractivity contribution >= 4 is 5.69 Å². The average molecular weight is 213 g/mol. The number of anilines is 1. The minimum Gasteiger partial charge on any atom is -0.474 e. The van der Waals surface area contributed by atoms with Gasteiger partial charge in [-0.1, -0.05) is 0 Å². The molecule has 0 amide bonds. The lowest BCUT2D eigenvalue weighted by Gasteiger charge is -2.09. The lowest BCUT2D eigenvalue weighted by Crippen LogP contribution is -2.17. The number of H-pyrrole nitrogens is 1. The number of nitrogens with zero attached hydrogens (tertiary/aromatic N) is 1. The van der Waals surface area contributed by atoms with Crippen LogP contribution in [-0.2, 0) is 4.74 Å². The predicted octanol–water partition coefficient (Wildman–Crippen LogP) is 0.156. The molecule has 0 bridgehead atoms. The van der Waals surface area contributed by atoms with Crippen molar-refractivity contribution in [3.63, 3.8) is 0 Å². The summed E-state index contributed by atoms with van der Waals surface area (Å²) in [7, 11) is 0. The van der Waals surface area contributed by atoms with Crippen molar-refractivity contribution in [2.45, 2.75) is 20.0 Å². The fourth-order valence-electron chi connectivity index (χ4n) is 0.931. The summed E-state index contributed by atoms with van der Waals surface area (Å²) >= 11 is 0. The zero-order valence-electron chi connectivity index (χ0n) is 8.82. The molecule has 0 aliphatic carbocycles. The summed E-state index contributed by atoms with van der Waals surface area (Å²) in [6, 6.07) is 0. The van der Waals surface area contributed by atoms with Gasteiger partial charge in [-0.05, 0) is 13.8 Å². The molecule has 84 valence electrons. The molecule has 0 aliphatic rings. The van der Waals surface area contributed by atoms with Crippen LogP contribution in [0, 0.1) is 0 Å². The molecule has 1 aromatic heterocycles. The molecule has 0 fully saturated rings. The molecule has 3 N–H and O–H groups in total. The van der Waals surface area contributed by atoms with E-state index in [1.165, 1.54) is 6.33 Å². The van der Waals surface area contributed by atoms with E-state index in [-0.39, 0.29) is 17.7 Å². The van der Waals surface area contributed by atoms with Crippen LogP contribution >= 0.6 is 0 Å². The molecule has 15 heavy (non-hydrogen) atoms. The van der Waals surface area contributed by atoms with Gasteiger partial charge in [0.1, 0.15) is 6.61 Å². The van der Waals surface area contributed by atoms with Crippen molar-refractivity contribution in [1.82, 2.24) is 9.97 Å². The number of ether oxygens (including phenoxy) is 2. The number of nitrogen functional groups attached to an aromatic ring is 1. The number of nitrogens with two attached hydrogens (primary N) is 1. The van der Waals surface area contributed by atoms with Crippen LogP contribution in [0.15, 0.2) is 11.1 Å². The maximum Gasteiger partial charge on any atom is 0.277 e. The Balaban J connectivity index is 2.44. The average Bonchev–Trinajstić information content (AvgIpc) is 2.18. The summed E-state index contributed by atoms with van der Waals surface area (Å²) in [5, 5.41) is 0. The molecular weight excluding hydrogens is 198 g/mol. The lowest BCUT2D eigenvalue weighted by molar-refractivity contribution is 0.0544. The second-order valence-corrected chi connectivity index (χ2v) is 3.22. The number of rotatable bonds is 5. The summed E-state index contributed by atoms with van der Waals surface area (Å²) in [6.07, 6.45) is 1.40. The van der Waals surface area contributed by atoms with Gasteiger partial charge in [0.15, 0.2) is 5.69 Å². The molecular formula is C9H15N3O3. The Kier molecular flexibility index (Phi) is 4.11. The molecule has 1 heterocycles. The zero-order chi connectivity index (χ0) is 11.3. The highest BCUT2D eigenvalue weighted by Crippen LogP contribution is 2.09. The van der Waals surface area contributed by atoms with Crippen molar-refractivity contribution in [3.05, 3.63) is 16.7 Å². The van der Waals surface area contributed by atoms with E-state index in [1.807, 2.05) is 13.8 Å². The van der Waals surface area contributed by atoms with Gasteiger partial charge in [-0.25, -0.2) is 4.98 Å². The molecule has 0 unspecified atom stereocenters. The van der Waals surface area contributed by atoms with E-state index in [0.29, 0.717) is 13.2 Å². The molecule has 0 aromatic carbocycles. The predicted molar refractivity (Wildman–Crippen MR) is 55.9 cm³/mol. The van der Waals surface area contributed by atoms with Crippen LogP contribution in [0.3, 0.4) is 0 Å². The third kappa shape index (κ3) is 3.59. The van der Waals surface area contributed by atoms with Gasteiger partial charge in [-0.2, -0.15) is 0 Å². The van der Waals surface area contributed by atoms with E-state index >= 15 is 0 Å². The minimum absolute atomic E-state index is 0.0120. The minimum atomic E-state index is -0.398. The van der Waals surface area contributed by atoms with Crippen LogP contribution in [0.5, 0.6) is 5.88 Å². The second kappa shape index (κ2) is 5.35. The molecule has 0 spiro atoms. The monoisotopic (exact) mass is 213 g/mol. The Morgan fingerprint density at radius 3 is 2.93 bits per heavy atom. The van der Waals surface area contributed by atoms with Gasteiger partial charge < -0.3 is 20.2 Å². The van der Waals surface area contributed by atoms with Crippen LogP contribution in [-0.4, -0.2) is 29.3 Å². The highest BCUT2D eigenvalue weighted by Gasteiger charge is 2.05. The summed E-state index contributed by atoms with van der Waals surface area (Å²) in [6.45, 7) is 4.62. The van der Waals surface area contributed by atoms with E-state index in [4.69, 9.17) is 15.2 Å². The third-order valence-electron chi connectivity index (χ3n) is 1.63. The third-order valence-corrected chi connectivity index (χ3v) is 1.63. The normalized spacial score (nSPS) is 10.6. The number of hydrogen-bond donors (Lipinski definition) is 2. The largest absolute Gasteiger partial charge is 0.474 e. The van der Waals surface area contributed by atoms with E-state index < -0.39 is 5.56 Å². The zero-order valence-corrected chi connectivity index (χ0v) is 8.82. The fourth-order valence-corrected chi connectivity index (χ4v) is 0.931. The topological polar surface area (TPSA) is 90.2 Å². The molecule has 0 saturated heterocycles. The standard InChI is InChI=1S/C9H15N3O3/c1-6(2)14-3-4-15-9-7(10)8(13)11-5-12-9/h5-6H,3-4,10H2,1-2H3,(H,11,12,13). The van der Waals surface area contributed by atoms with Crippen molar-refractivity contribution in [2.24, 2.45) is 0 Å². The van der Waals surface area contributed by atoms with E-state index in [2.05, 4.69) is 9.97 Å². The molecule has 1 aromatic rings. The van der Waals surface area contributed by atoms with Gasteiger partial charge in [0.25, 0.3) is 5.56 Å². The van der Waals surface area contributed by atoms with Gasteiger partial charge in [0.2, 0.25) is 5.88 Å². The summed E-state index contributed by atoms with van der Waals surface area (Å²) in [5.74, 6) is 0.145. The Labute approximate surface area is 87.4 Å². The Morgan fingerprint density at radius 2 is 2.27 bits per heavy atom.